The fourth-order valence-electron chi connectivity index (χ4n) is 1.86. The number of rotatable bonds is 4. The third-order valence-corrected chi connectivity index (χ3v) is 4.01. The van der Waals surface area contributed by atoms with Gasteiger partial charge in [-0.2, -0.15) is 0 Å². The van der Waals surface area contributed by atoms with E-state index in [0.29, 0.717) is 10.6 Å². The summed E-state index contributed by atoms with van der Waals surface area (Å²) in [4.78, 5) is 24.2. The van der Waals surface area contributed by atoms with Crippen molar-refractivity contribution in [3.05, 3.63) is 62.6 Å². The maximum absolute atomic E-state index is 12.2. The number of halogens is 3. The minimum Gasteiger partial charge on any atom is -0.449 e. The number of hydrogen-bond donors (Lipinski definition) is 1. The number of aryl methyl sites for hydroxylation is 1. The Morgan fingerprint density at radius 3 is 2.12 bits per heavy atom. The van der Waals surface area contributed by atoms with Crippen LogP contribution in [0.4, 0.5) is 5.69 Å². The highest BCUT2D eigenvalue weighted by atomic mass is 35.5. The highest BCUT2D eigenvalue weighted by Crippen LogP contribution is 2.33. The number of nitrogens with one attached hydrogen (secondary N) is 1. The number of amides is 1. The van der Waals surface area contributed by atoms with Crippen molar-refractivity contribution in [3.8, 4) is 0 Å². The van der Waals surface area contributed by atoms with Crippen molar-refractivity contribution < 1.29 is 14.3 Å². The Hall–Kier alpha value is -1.75. The number of carbonyl (C=O) groups excluding carboxylic acids is 2. The minimum atomic E-state index is -1.03. The normalized spacial score (nSPS) is 11.7. The van der Waals surface area contributed by atoms with E-state index >= 15 is 0 Å². The van der Waals surface area contributed by atoms with Crippen LogP contribution in [0.3, 0.4) is 0 Å². The van der Waals surface area contributed by atoms with Gasteiger partial charge in [-0.05, 0) is 38.1 Å². The first-order valence-corrected chi connectivity index (χ1v) is 8.14. The third kappa shape index (κ3) is 4.63. The zero-order valence-corrected chi connectivity index (χ0v) is 15.2. The van der Waals surface area contributed by atoms with Gasteiger partial charge in [-0.15, -0.1) is 0 Å². The molecule has 0 aliphatic rings. The minimum absolute atomic E-state index is 0.193. The van der Waals surface area contributed by atoms with Gasteiger partial charge in [-0.3, -0.25) is 4.79 Å². The van der Waals surface area contributed by atoms with Gasteiger partial charge in [0.1, 0.15) is 0 Å². The summed E-state index contributed by atoms with van der Waals surface area (Å²) in [5.74, 6) is -1.15. The molecule has 4 nitrogen and oxygen atoms in total. The van der Waals surface area contributed by atoms with Gasteiger partial charge in [0, 0.05) is 5.02 Å². The van der Waals surface area contributed by atoms with Crippen molar-refractivity contribution in [1.82, 2.24) is 0 Å². The summed E-state index contributed by atoms with van der Waals surface area (Å²) in [7, 11) is 0. The maximum atomic E-state index is 12.2. The highest BCUT2D eigenvalue weighted by Gasteiger charge is 2.21. The van der Waals surface area contributed by atoms with Crippen LogP contribution in [-0.4, -0.2) is 18.0 Å². The molecule has 2 aromatic rings. The van der Waals surface area contributed by atoms with Crippen molar-refractivity contribution in [1.29, 1.82) is 0 Å². The molecule has 0 spiro atoms. The topological polar surface area (TPSA) is 55.4 Å². The lowest BCUT2D eigenvalue weighted by atomic mass is 10.1. The van der Waals surface area contributed by atoms with Crippen LogP contribution < -0.4 is 5.32 Å². The molecule has 1 N–H and O–H groups in total. The van der Waals surface area contributed by atoms with Crippen LogP contribution in [0.15, 0.2) is 36.4 Å². The van der Waals surface area contributed by atoms with Crippen LogP contribution in [0.1, 0.15) is 22.8 Å². The molecule has 7 heteroatoms. The van der Waals surface area contributed by atoms with Gasteiger partial charge >= 0.3 is 5.97 Å². The summed E-state index contributed by atoms with van der Waals surface area (Å²) >= 11 is 17.8. The molecule has 0 heterocycles. The van der Waals surface area contributed by atoms with E-state index < -0.39 is 18.0 Å². The number of hydrogen-bond acceptors (Lipinski definition) is 3. The van der Waals surface area contributed by atoms with Gasteiger partial charge < -0.3 is 10.1 Å². The van der Waals surface area contributed by atoms with Crippen LogP contribution in [-0.2, 0) is 9.53 Å². The molecule has 0 saturated heterocycles. The van der Waals surface area contributed by atoms with Crippen LogP contribution in [0, 0.1) is 6.92 Å². The van der Waals surface area contributed by atoms with Crippen molar-refractivity contribution in [2.75, 3.05) is 5.32 Å². The molecule has 2 rings (SSSR count). The number of benzene rings is 2. The Balaban J connectivity index is 2.05. The zero-order chi connectivity index (χ0) is 17.9. The van der Waals surface area contributed by atoms with Crippen LogP contribution in [0.25, 0.3) is 0 Å². The van der Waals surface area contributed by atoms with E-state index in [1.54, 1.807) is 24.3 Å². The molecule has 1 amide bonds. The molecule has 0 aliphatic heterocycles. The summed E-state index contributed by atoms with van der Waals surface area (Å²) in [5.41, 5.74) is 1.60. The monoisotopic (exact) mass is 385 g/mol. The second-order valence-corrected chi connectivity index (χ2v) is 6.40. The molecule has 0 saturated carbocycles. The fourth-order valence-corrected chi connectivity index (χ4v) is 2.77. The van der Waals surface area contributed by atoms with E-state index in [1.165, 1.54) is 19.1 Å². The van der Waals surface area contributed by atoms with E-state index in [2.05, 4.69) is 5.32 Å². The molecule has 0 unspecified atom stereocenters. The average molecular weight is 387 g/mol. The molecule has 2 aromatic carbocycles. The lowest BCUT2D eigenvalue weighted by molar-refractivity contribution is -0.123. The van der Waals surface area contributed by atoms with Crippen molar-refractivity contribution in [2.24, 2.45) is 0 Å². The quantitative estimate of drug-likeness (QED) is 0.740. The van der Waals surface area contributed by atoms with E-state index in [-0.39, 0.29) is 15.7 Å². The van der Waals surface area contributed by atoms with E-state index in [0.717, 1.165) is 5.56 Å². The molecule has 0 radical (unpaired) electrons. The van der Waals surface area contributed by atoms with Gasteiger partial charge in [0.25, 0.3) is 5.91 Å². The molecular weight excluding hydrogens is 373 g/mol. The summed E-state index contributed by atoms with van der Waals surface area (Å²) in [6.45, 7) is 3.37. The molecule has 24 heavy (non-hydrogen) atoms. The Morgan fingerprint density at radius 1 is 1.04 bits per heavy atom. The number of esters is 1. The molecule has 0 fully saturated rings. The summed E-state index contributed by atoms with van der Waals surface area (Å²) in [5, 5.41) is 3.27. The van der Waals surface area contributed by atoms with Gasteiger partial charge in [0.05, 0.1) is 21.3 Å². The first-order valence-electron chi connectivity index (χ1n) is 7.01. The van der Waals surface area contributed by atoms with Crippen LogP contribution in [0.2, 0.25) is 15.1 Å². The largest absolute Gasteiger partial charge is 0.449 e. The Labute approximate surface area is 154 Å². The zero-order valence-electron chi connectivity index (χ0n) is 12.9. The predicted molar refractivity (Wildman–Crippen MR) is 96.2 cm³/mol. The summed E-state index contributed by atoms with van der Waals surface area (Å²) < 4.78 is 5.15. The third-order valence-electron chi connectivity index (χ3n) is 3.20. The fraction of sp³-hybridized carbons (Fsp3) is 0.176. The lowest BCUT2D eigenvalue weighted by Gasteiger charge is -2.15. The maximum Gasteiger partial charge on any atom is 0.338 e. The Kier molecular flexibility index (Phi) is 6.10. The highest BCUT2D eigenvalue weighted by molar-refractivity contribution is 6.42. The Morgan fingerprint density at radius 2 is 1.58 bits per heavy atom. The molecule has 0 bridgehead atoms. The van der Waals surface area contributed by atoms with Gasteiger partial charge in [-0.25, -0.2) is 4.79 Å². The molecule has 1 atom stereocenters. The van der Waals surface area contributed by atoms with Gasteiger partial charge in [-0.1, -0.05) is 52.5 Å². The standard InChI is InChI=1S/C17H14Cl3NO3/c1-9-3-5-11(6-4-9)17(23)24-10(2)16(22)21-15-13(19)7-12(18)8-14(15)20/h3-8,10H,1-2H3,(H,21,22)/t10-/m1/s1. The van der Waals surface area contributed by atoms with Crippen molar-refractivity contribution >= 4 is 52.4 Å². The Bertz CT molecular complexity index is 752. The smallest absolute Gasteiger partial charge is 0.338 e. The van der Waals surface area contributed by atoms with E-state index in [1.807, 2.05) is 6.92 Å². The van der Waals surface area contributed by atoms with Gasteiger partial charge in [0.15, 0.2) is 6.10 Å². The molecule has 126 valence electrons. The second kappa shape index (κ2) is 7.88. The first-order chi connectivity index (χ1) is 11.3. The van der Waals surface area contributed by atoms with Crippen LogP contribution in [0.5, 0.6) is 0 Å². The SMILES string of the molecule is Cc1ccc(C(=O)O[C@H](C)C(=O)Nc2c(Cl)cc(Cl)cc2Cl)cc1. The number of anilines is 1. The molecule has 0 aliphatic carbocycles. The number of carbonyl (C=O) groups is 2. The lowest BCUT2D eigenvalue weighted by Crippen LogP contribution is -2.30. The molecular formula is C17H14Cl3NO3. The summed E-state index contributed by atoms with van der Waals surface area (Å²) in [6, 6.07) is 9.74. The summed E-state index contributed by atoms with van der Waals surface area (Å²) in [6.07, 6.45) is -1.03. The van der Waals surface area contributed by atoms with E-state index in [4.69, 9.17) is 39.5 Å². The average Bonchev–Trinajstić information content (AvgIpc) is 2.51. The van der Waals surface area contributed by atoms with Crippen molar-refractivity contribution in [3.63, 3.8) is 0 Å². The first kappa shape index (κ1) is 18.6. The predicted octanol–water partition coefficient (Wildman–Crippen LogP) is 5.14. The van der Waals surface area contributed by atoms with Crippen LogP contribution >= 0.6 is 34.8 Å². The number of ether oxygens (including phenoxy) is 1. The van der Waals surface area contributed by atoms with Crippen molar-refractivity contribution in [2.45, 2.75) is 20.0 Å². The molecule has 0 aromatic heterocycles. The second-order valence-electron chi connectivity index (χ2n) is 5.15. The van der Waals surface area contributed by atoms with Gasteiger partial charge in [0.2, 0.25) is 0 Å². The van der Waals surface area contributed by atoms with E-state index in [9.17, 15) is 9.59 Å².